The van der Waals surface area contributed by atoms with E-state index in [4.69, 9.17) is 11.6 Å². The average Bonchev–Trinajstić information content (AvgIpc) is 2.94. The first-order chi connectivity index (χ1) is 8.63. The summed E-state index contributed by atoms with van der Waals surface area (Å²) in [6.45, 7) is 4.91. The van der Waals surface area contributed by atoms with E-state index in [1.165, 1.54) is 25.7 Å². The fraction of sp³-hybridized carbons (Fsp3) is 0.714. The van der Waals surface area contributed by atoms with E-state index >= 15 is 0 Å². The van der Waals surface area contributed by atoms with Gasteiger partial charge in [0.15, 0.2) is 11.0 Å². The summed E-state index contributed by atoms with van der Waals surface area (Å²) in [5.74, 6) is 3.48. The van der Waals surface area contributed by atoms with Crippen LogP contribution in [0.1, 0.15) is 37.1 Å². The molecule has 3 atom stereocenters. The number of halogens is 1. The first-order valence-corrected chi connectivity index (χ1v) is 7.26. The quantitative estimate of drug-likeness (QED) is 0.908. The summed E-state index contributed by atoms with van der Waals surface area (Å²) >= 11 is 6.13. The number of nitrogens with one attached hydrogen (secondary N) is 1. The van der Waals surface area contributed by atoms with Crippen LogP contribution in [0.2, 0.25) is 5.15 Å². The zero-order valence-corrected chi connectivity index (χ0v) is 11.8. The minimum atomic E-state index is 0.501. The molecule has 4 heteroatoms. The van der Waals surface area contributed by atoms with Gasteiger partial charge in [0.25, 0.3) is 0 Å². The van der Waals surface area contributed by atoms with Gasteiger partial charge in [0, 0.05) is 6.54 Å². The van der Waals surface area contributed by atoms with Crippen LogP contribution in [0.5, 0.6) is 0 Å². The molecule has 0 radical (unpaired) electrons. The molecule has 3 rings (SSSR count). The minimum absolute atomic E-state index is 0.501. The van der Waals surface area contributed by atoms with Crippen LogP contribution in [-0.2, 0) is 0 Å². The van der Waals surface area contributed by atoms with E-state index < -0.39 is 0 Å². The molecule has 2 saturated carbocycles. The van der Waals surface area contributed by atoms with Crippen molar-refractivity contribution in [3.8, 4) is 0 Å². The van der Waals surface area contributed by atoms with E-state index in [1.807, 2.05) is 13.8 Å². The van der Waals surface area contributed by atoms with Crippen LogP contribution in [0.3, 0.4) is 0 Å². The maximum Gasteiger partial charge on any atom is 0.171 e. The Morgan fingerprint density at radius 3 is 2.61 bits per heavy atom. The smallest absolute Gasteiger partial charge is 0.171 e. The van der Waals surface area contributed by atoms with Crippen molar-refractivity contribution in [3.63, 3.8) is 0 Å². The molecule has 2 fully saturated rings. The first-order valence-electron chi connectivity index (χ1n) is 6.88. The van der Waals surface area contributed by atoms with Crippen molar-refractivity contribution >= 4 is 17.4 Å². The number of fused-ring (bicyclic) bond motifs is 2. The first kappa shape index (κ1) is 12.2. The van der Waals surface area contributed by atoms with Crippen LogP contribution in [0.4, 0.5) is 5.82 Å². The van der Waals surface area contributed by atoms with Gasteiger partial charge in [-0.1, -0.05) is 18.0 Å². The predicted molar refractivity (Wildman–Crippen MR) is 73.9 cm³/mol. The lowest BCUT2D eigenvalue weighted by molar-refractivity contribution is 0.348. The second-order valence-electron chi connectivity index (χ2n) is 5.85. The third-order valence-corrected chi connectivity index (χ3v) is 4.94. The molecule has 3 unspecified atom stereocenters. The average molecular weight is 266 g/mol. The fourth-order valence-electron chi connectivity index (χ4n) is 3.54. The highest BCUT2D eigenvalue weighted by Gasteiger charge is 2.39. The van der Waals surface area contributed by atoms with Crippen LogP contribution in [0.15, 0.2) is 0 Å². The third-order valence-electron chi connectivity index (χ3n) is 4.68. The Balaban J connectivity index is 1.65. The lowest BCUT2D eigenvalue weighted by Gasteiger charge is -2.22. The van der Waals surface area contributed by atoms with Gasteiger partial charge in [0.1, 0.15) is 0 Å². The largest absolute Gasteiger partial charge is 0.367 e. The molecular formula is C14H20ClN3. The summed E-state index contributed by atoms with van der Waals surface area (Å²) in [5.41, 5.74) is 1.86. The molecule has 0 aliphatic heterocycles. The highest BCUT2D eigenvalue weighted by Crippen LogP contribution is 2.48. The molecule has 1 aromatic rings. The number of nitrogens with zero attached hydrogens (tertiary/aromatic N) is 2. The highest BCUT2D eigenvalue weighted by atomic mass is 35.5. The van der Waals surface area contributed by atoms with Crippen LogP contribution in [0, 0.1) is 31.6 Å². The van der Waals surface area contributed by atoms with Crippen LogP contribution < -0.4 is 5.32 Å². The fourth-order valence-corrected chi connectivity index (χ4v) is 3.78. The standard InChI is InChI=1S/C14H20ClN3/c1-8-9(2)18-14(13(15)17-8)16-7-12-6-10-3-4-11(12)5-10/h10-12H,3-7H2,1-2H3,(H,16,18). The van der Waals surface area contributed by atoms with Gasteiger partial charge in [-0.15, -0.1) is 0 Å². The number of rotatable bonds is 3. The van der Waals surface area contributed by atoms with Gasteiger partial charge in [-0.3, -0.25) is 0 Å². The van der Waals surface area contributed by atoms with E-state index in [2.05, 4.69) is 15.3 Å². The number of anilines is 1. The van der Waals surface area contributed by atoms with E-state index in [1.54, 1.807) is 0 Å². The Labute approximate surface area is 113 Å². The topological polar surface area (TPSA) is 37.8 Å². The Kier molecular flexibility index (Phi) is 3.18. The molecule has 1 heterocycles. The normalized spacial score (nSPS) is 29.8. The number of aryl methyl sites for hydroxylation is 2. The van der Waals surface area contributed by atoms with Crippen molar-refractivity contribution in [2.45, 2.75) is 39.5 Å². The van der Waals surface area contributed by atoms with E-state index in [9.17, 15) is 0 Å². The molecule has 2 bridgehead atoms. The summed E-state index contributed by atoms with van der Waals surface area (Å²) in [6.07, 6.45) is 5.70. The van der Waals surface area contributed by atoms with Gasteiger partial charge >= 0.3 is 0 Å². The van der Waals surface area contributed by atoms with Crippen LogP contribution in [0.25, 0.3) is 0 Å². The van der Waals surface area contributed by atoms with Crippen molar-refractivity contribution < 1.29 is 0 Å². The van der Waals surface area contributed by atoms with Crippen molar-refractivity contribution in [1.29, 1.82) is 0 Å². The Morgan fingerprint density at radius 1 is 1.17 bits per heavy atom. The van der Waals surface area contributed by atoms with Gasteiger partial charge < -0.3 is 5.32 Å². The molecule has 3 nitrogen and oxygen atoms in total. The lowest BCUT2D eigenvalue weighted by atomic mass is 9.89. The molecule has 1 aromatic heterocycles. The molecule has 0 aromatic carbocycles. The number of aromatic nitrogens is 2. The number of hydrogen-bond donors (Lipinski definition) is 1. The van der Waals surface area contributed by atoms with Crippen molar-refractivity contribution in [3.05, 3.63) is 16.5 Å². The summed E-state index contributed by atoms with van der Waals surface area (Å²) < 4.78 is 0. The Bertz CT molecular complexity index is 461. The molecule has 18 heavy (non-hydrogen) atoms. The summed E-state index contributed by atoms with van der Waals surface area (Å²) in [7, 11) is 0. The molecule has 0 spiro atoms. The zero-order valence-electron chi connectivity index (χ0n) is 11.0. The van der Waals surface area contributed by atoms with Gasteiger partial charge in [0.05, 0.1) is 11.4 Å². The highest BCUT2D eigenvalue weighted by molar-refractivity contribution is 6.31. The Morgan fingerprint density at radius 2 is 1.94 bits per heavy atom. The molecule has 2 aliphatic rings. The summed E-state index contributed by atoms with van der Waals surface area (Å²) in [4.78, 5) is 8.80. The zero-order chi connectivity index (χ0) is 12.7. The number of hydrogen-bond acceptors (Lipinski definition) is 3. The monoisotopic (exact) mass is 265 g/mol. The van der Waals surface area contributed by atoms with Gasteiger partial charge in [-0.25, -0.2) is 9.97 Å². The molecule has 1 N–H and O–H groups in total. The third kappa shape index (κ3) is 2.20. The second kappa shape index (κ2) is 4.69. The molecule has 98 valence electrons. The van der Waals surface area contributed by atoms with Crippen LogP contribution in [-0.4, -0.2) is 16.5 Å². The SMILES string of the molecule is Cc1nc(Cl)c(NCC2CC3CCC2C3)nc1C. The minimum Gasteiger partial charge on any atom is -0.367 e. The van der Waals surface area contributed by atoms with Crippen molar-refractivity contribution in [2.75, 3.05) is 11.9 Å². The van der Waals surface area contributed by atoms with Crippen molar-refractivity contribution in [2.24, 2.45) is 17.8 Å². The Hall–Kier alpha value is -0.830. The van der Waals surface area contributed by atoms with E-state index in [0.717, 1.165) is 41.5 Å². The lowest BCUT2D eigenvalue weighted by Crippen LogP contribution is -2.21. The van der Waals surface area contributed by atoms with E-state index in [0.29, 0.717) is 5.15 Å². The van der Waals surface area contributed by atoms with E-state index in [-0.39, 0.29) is 0 Å². The maximum absolute atomic E-state index is 6.13. The molecular weight excluding hydrogens is 246 g/mol. The summed E-state index contributed by atoms with van der Waals surface area (Å²) in [5, 5.41) is 3.90. The molecule has 2 aliphatic carbocycles. The van der Waals surface area contributed by atoms with Gasteiger partial charge in [0.2, 0.25) is 0 Å². The summed E-state index contributed by atoms with van der Waals surface area (Å²) in [6, 6.07) is 0. The molecule has 0 amide bonds. The predicted octanol–water partition coefficient (Wildman–Crippen LogP) is 3.59. The van der Waals surface area contributed by atoms with Gasteiger partial charge in [-0.2, -0.15) is 0 Å². The second-order valence-corrected chi connectivity index (χ2v) is 6.21. The van der Waals surface area contributed by atoms with Crippen molar-refractivity contribution in [1.82, 2.24) is 9.97 Å². The van der Waals surface area contributed by atoms with Crippen LogP contribution >= 0.6 is 11.6 Å². The molecule has 0 saturated heterocycles. The van der Waals surface area contributed by atoms with Gasteiger partial charge in [-0.05, 0) is 50.9 Å². The maximum atomic E-state index is 6.13.